The first kappa shape index (κ1) is 19.6. The predicted molar refractivity (Wildman–Crippen MR) is 105 cm³/mol. The number of sulfone groups is 1. The molecule has 7 nitrogen and oxygen atoms in total. The molecular weight excluding hydrogens is 422 g/mol. The molecule has 1 aromatic carbocycles. The molecule has 0 bridgehead atoms. The predicted octanol–water partition coefficient (Wildman–Crippen LogP) is 2.47. The number of aryl methyl sites for hydroxylation is 2. The zero-order valence-corrected chi connectivity index (χ0v) is 17.1. The number of benzene rings is 1. The minimum atomic E-state index is -4.03. The van der Waals surface area contributed by atoms with Crippen LogP contribution >= 0.6 is 11.3 Å². The standard InChI is InChI=1S/C18H16F2N4O3S2/c1-8-9(2)22-23-17-14(8)15(21)16(28-17)18(25)24-6-11(7-24)29(26,27)13-4-3-10(19)5-12(13)20/h3-5,11H,6-7,21H2,1-2H3. The summed E-state index contributed by atoms with van der Waals surface area (Å²) >= 11 is 1.10. The maximum Gasteiger partial charge on any atom is 0.266 e. The van der Waals surface area contributed by atoms with Gasteiger partial charge in [-0.2, -0.15) is 5.10 Å². The molecule has 1 fully saturated rings. The number of nitrogens with zero attached hydrogens (tertiary/aromatic N) is 3. The molecule has 2 N–H and O–H groups in total. The van der Waals surface area contributed by atoms with Gasteiger partial charge in [0.1, 0.15) is 31.5 Å². The van der Waals surface area contributed by atoms with Crippen LogP contribution in [0.1, 0.15) is 20.9 Å². The van der Waals surface area contributed by atoms with Gasteiger partial charge in [0.05, 0.1) is 11.4 Å². The maximum atomic E-state index is 13.9. The molecule has 1 amide bonds. The number of carbonyl (C=O) groups excluding carboxylic acids is 1. The molecule has 0 saturated carbocycles. The molecule has 1 aliphatic rings. The van der Waals surface area contributed by atoms with Gasteiger partial charge in [-0.3, -0.25) is 4.79 Å². The van der Waals surface area contributed by atoms with Crippen molar-refractivity contribution in [2.45, 2.75) is 24.0 Å². The number of hydrogen-bond donors (Lipinski definition) is 1. The largest absolute Gasteiger partial charge is 0.397 e. The van der Waals surface area contributed by atoms with Gasteiger partial charge in [-0.1, -0.05) is 0 Å². The lowest BCUT2D eigenvalue weighted by molar-refractivity contribution is 0.0665. The Morgan fingerprint density at radius 2 is 1.93 bits per heavy atom. The SMILES string of the molecule is Cc1nnc2sc(C(=O)N3CC(S(=O)(=O)c4ccc(F)cc4F)C3)c(N)c2c1C. The fourth-order valence-electron chi connectivity index (χ4n) is 3.23. The summed E-state index contributed by atoms with van der Waals surface area (Å²) < 4.78 is 52.2. The van der Waals surface area contributed by atoms with E-state index >= 15 is 0 Å². The quantitative estimate of drug-likeness (QED) is 0.630. The van der Waals surface area contributed by atoms with Crippen molar-refractivity contribution in [3.8, 4) is 0 Å². The van der Waals surface area contributed by atoms with E-state index in [2.05, 4.69) is 10.2 Å². The number of hydrogen-bond acceptors (Lipinski definition) is 7. The number of amides is 1. The average molecular weight is 438 g/mol. The maximum absolute atomic E-state index is 13.9. The number of thiophene rings is 1. The number of rotatable bonds is 3. The van der Waals surface area contributed by atoms with Crippen molar-refractivity contribution in [3.05, 3.63) is 46.0 Å². The Bertz CT molecular complexity index is 1270. The summed E-state index contributed by atoms with van der Waals surface area (Å²) in [5.74, 6) is -2.41. The van der Waals surface area contributed by atoms with Crippen molar-refractivity contribution in [1.29, 1.82) is 0 Å². The molecule has 0 unspecified atom stereocenters. The second kappa shape index (κ2) is 6.70. The number of nitrogens with two attached hydrogens (primary N) is 1. The molecule has 1 saturated heterocycles. The summed E-state index contributed by atoms with van der Waals surface area (Å²) in [5.41, 5.74) is 7.99. The van der Waals surface area contributed by atoms with Crippen molar-refractivity contribution < 1.29 is 22.0 Å². The molecule has 29 heavy (non-hydrogen) atoms. The summed E-state index contributed by atoms with van der Waals surface area (Å²) in [7, 11) is -4.03. The molecule has 11 heteroatoms. The Balaban J connectivity index is 1.57. The third-order valence-electron chi connectivity index (χ3n) is 5.10. The van der Waals surface area contributed by atoms with E-state index < -0.39 is 37.5 Å². The van der Waals surface area contributed by atoms with Gasteiger partial charge in [-0.05, 0) is 31.5 Å². The number of nitrogen functional groups attached to an aromatic ring is 1. The van der Waals surface area contributed by atoms with Crippen LogP contribution in [0.2, 0.25) is 0 Å². The molecule has 0 spiro atoms. The van der Waals surface area contributed by atoms with E-state index in [9.17, 15) is 22.0 Å². The highest BCUT2D eigenvalue weighted by Gasteiger charge is 2.42. The molecule has 0 aliphatic carbocycles. The van der Waals surface area contributed by atoms with E-state index in [1.54, 1.807) is 6.92 Å². The average Bonchev–Trinajstić information content (AvgIpc) is 2.93. The van der Waals surface area contributed by atoms with Gasteiger partial charge < -0.3 is 10.6 Å². The highest BCUT2D eigenvalue weighted by molar-refractivity contribution is 7.92. The Kier molecular flexibility index (Phi) is 4.54. The summed E-state index contributed by atoms with van der Waals surface area (Å²) in [6, 6.07) is 2.32. The first-order chi connectivity index (χ1) is 13.6. The third-order valence-corrected chi connectivity index (χ3v) is 8.30. The molecular formula is C18H16F2N4O3S2. The van der Waals surface area contributed by atoms with Crippen LogP contribution < -0.4 is 5.73 Å². The first-order valence-electron chi connectivity index (χ1n) is 8.61. The Labute approximate surface area is 169 Å². The Morgan fingerprint density at radius 3 is 2.59 bits per heavy atom. The molecule has 2 aromatic heterocycles. The third kappa shape index (κ3) is 3.04. The Hall–Kier alpha value is -2.66. The van der Waals surface area contributed by atoms with Crippen molar-refractivity contribution in [3.63, 3.8) is 0 Å². The smallest absolute Gasteiger partial charge is 0.266 e. The monoisotopic (exact) mass is 438 g/mol. The van der Waals surface area contributed by atoms with Crippen LogP contribution in [0, 0.1) is 25.5 Å². The second-order valence-electron chi connectivity index (χ2n) is 6.89. The van der Waals surface area contributed by atoms with E-state index in [-0.39, 0.29) is 18.0 Å². The highest BCUT2D eigenvalue weighted by atomic mass is 32.2. The fraction of sp³-hybridized carbons (Fsp3) is 0.278. The Morgan fingerprint density at radius 1 is 1.24 bits per heavy atom. The van der Waals surface area contributed by atoms with E-state index in [1.165, 1.54) is 4.90 Å². The van der Waals surface area contributed by atoms with Gasteiger partial charge in [0.25, 0.3) is 5.91 Å². The van der Waals surface area contributed by atoms with Gasteiger partial charge in [-0.15, -0.1) is 16.4 Å². The topological polar surface area (TPSA) is 106 Å². The minimum absolute atomic E-state index is 0.102. The summed E-state index contributed by atoms with van der Waals surface area (Å²) in [4.78, 5) is 14.4. The molecule has 0 radical (unpaired) electrons. The minimum Gasteiger partial charge on any atom is -0.397 e. The highest BCUT2D eigenvalue weighted by Crippen LogP contribution is 2.37. The van der Waals surface area contributed by atoms with Gasteiger partial charge in [0, 0.05) is 24.5 Å². The van der Waals surface area contributed by atoms with Crippen LogP contribution in [0.4, 0.5) is 14.5 Å². The zero-order valence-electron chi connectivity index (χ0n) is 15.4. The van der Waals surface area contributed by atoms with E-state index in [1.807, 2.05) is 6.92 Å². The van der Waals surface area contributed by atoms with Crippen LogP contribution in [-0.2, 0) is 9.84 Å². The summed E-state index contributed by atoms with van der Waals surface area (Å²) in [5, 5.41) is 7.80. The zero-order chi connectivity index (χ0) is 21.1. The summed E-state index contributed by atoms with van der Waals surface area (Å²) in [6.07, 6.45) is 0. The van der Waals surface area contributed by atoms with Crippen molar-refractivity contribution in [2.75, 3.05) is 18.8 Å². The number of likely N-dealkylation sites (tertiary alicyclic amines) is 1. The van der Waals surface area contributed by atoms with E-state index in [0.29, 0.717) is 27.7 Å². The van der Waals surface area contributed by atoms with Crippen molar-refractivity contribution in [2.24, 2.45) is 0 Å². The van der Waals surface area contributed by atoms with Gasteiger partial charge in [0.2, 0.25) is 0 Å². The fourth-order valence-corrected chi connectivity index (χ4v) is 6.00. The van der Waals surface area contributed by atoms with Crippen LogP contribution in [-0.4, -0.2) is 47.8 Å². The van der Waals surface area contributed by atoms with Crippen molar-refractivity contribution in [1.82, 2.24) is 15.1 Å². The van der Waals surface area contributed by atoms with Crippen molar-refractivity contribution >= 4 is 43.0 Å². The van der Waals surface area contributed by atoms with E-state index in [4.69, 9.17) is 5.73 Å². The molecule has 1 aliphatic heterocycles. The number of halogens is 2. The van der Waals surface area contributed by atoms with Crippen LogP contribution in [0.5, 0.6) is 0 Å². The number of aromatic nitrogens is 2. The van der Waals surface area contributed by atoms with Crippen LogP contribution in [0.15, 0.2) is 23.1 Å². The number of carbonyl (C=O) groups is 1. The lowest BCUT2D eigenvalue weighted by atomic mass is 10.1. The summed E-state index contributed by atoms with van der Waals surface area (Å²) in [6.45, 7) is 3.43. The van der Waals surface area contributed by atoms with Crippen LogP contribution in [0.25, 0.3) is 10.2 Å². The first-order valence-corrected chi connectivity index (χ1v) is 11.0. The lowest BCUT2D eigenvalue weighted by Crippen LogP contribution is -2.56. The molecule has 4 rings (SSSR count). The molecule has 152 valence electrons. The lowest BCUT2D eigenvalue weighted by Gasteiger charge is -2.38. The molecule has 3 heterocycles. The van der Waals surface area contributed by atoms with Gasteiger partial charge >= 0.3 is 0 Å². The number of fused-ring (bicyclic) bond motifs is 1. The second-order valence-corrected chi connectivity index (χ2v) is 10.1. The number of anilines is 1. The van der Waals surface area contributed by atoms with Crippen LogP contribution in [0.3, 0.4) is 0 Å². The van der Waals surface area contributed by atoms with Gasteiger partial charge in [0.15, 0.2) is 9.84 Å². The molecule has 0 atom stereocenters. The van der Waals surface area contributed by atoms with Gasteiger partial charge in [-0.25, -0.2) is 17.2 Å². The molecule has 3 aromatic rings. The van der Waals surface area contributed by atoms with E-state index in [0.717, 1.165) is 29.0 Å². The normalized spacial score (nSPS) is 15.0.